The Morgan fingerprint density at radius 3 is 2.00 bits per heavy atom. The van der Waals surface area contributed by atoms with Gasteiger partial charge in [0.15, 0.2) is 0 Å². The number of hydrogen-bond acceptors (Lipinski definition) is 1. The average Bonchev–Trinajstić information content (AvgIpc) is 0.811. The second-order valence-corrected chi connectivity index (χ2v) is 0.519. The molecule has 0 radical (unpaired) electrons. The number of carboxylic acids is 1. The van der Waals surface area contributed by atoms with E-state index in [9.17, 15) is 0 Å². The summed E-state index contributed by atoms with van der Waals surface area (Å²) >= 11 is 0. The maximum Gasteiger partial charge on any atom is 1.00 e. The van der Waals surface area contributed by atoms with Crippen LogP contribution in [0.3, 0.4) is 0 Å². The zero-order valence-electron chi connectivity index (χ0n) is 5.36. The third kappa shape index (κ3) is 123. The molecule has 0 aliphatic rings. The predicted octanol–water partition coefficient (Wildman–Crippen LogP) is -2.68. The number of hydrogen-bond donors (Lipinski definition) is 1. The Hall–Kier alpha value is 0.470. The van der Waals surface area contributed by atoms with Gasteiger partial charge in [-0.25, -0.2) is 0 Å². The zero-order valence-corrected chi connectivity index (χ0v) is 5.36. The molecule has 0 saturated carbocycles. The molecule has 0 unspecified atom stereocenters. The van der Waals surface area contributed by atoms with Crippen LogP contribution in [0.1, 0.15) is 9.78 Å². The Kier molecular flexibility index (Phi) is 8.11. The molecule has 1 N–H and O–H groups in total. The van der Waals surface area contributed by atoms with Crippen molar-refractivity contribution in [3.05, 3.63) is 0 Å². The summed E-state index contributed by atoms with van der Waals surface area (Å²) in [6, 6.07) is 0. The fraction of sp³-hybridized carbons (Fsp3) is 0.500. The van der Waals surface area contributed by atoms with Crippen LogP contribution in [0.2, 0.25) is 0 Å². The van der Waals surface area contributed by atoms with Crippen molar-refractivity contribution in [3.63, 3.8) is 0 Å². The number of rotatable bonds is 0. The molecule has 0 aromatic heterocycles. The molecule has 0 aliphatic carbocycles. The molecule has 0 fully saturated rings. The largest absolute Gasteiger partial charge is 1.00 e. The number of aliphatic carboxylic acids is 1. The van der Waals surface area contributed by atoms with Crippen LogP contribution in [0, 0.1) is 0 Å². The van der Waals surface area contributed by atoms with Gasteiger partial charge >= 0.3 is 29.6 Å². The van der Waals surface area contributed by atoms with E-state index in [0.29, 0.717) is 0 Å². The van der Waals surface area contributed by atoms with Crippen LogP contribution >= 0.6 is 0 Å². The Morgan fingerprint density at radius 1 is 2.00 bits per heavy atom. The minimum absolute atomic E-state index is 0. The summed E-state index contributed by atoms with van der Waals surface area (Å²) < 4.78 is 0. The van der Waals surface area contributed by atoms with Crippen molar-refractivity contribution >= 4 is 5.97 Å². The van der Waals surface area contributed by atoms with Crippen molar-refractivity contribution in [2.24, 2.45) is 0 Å². The molecule has 0 spiro atoms. The Morgan fingerprint density at radius 2 is 2.00 bits per heavy atom. The second kappa shape index (κ2) is 4.47. The molecular weight excluding hydrogens is 79.0 g/mol. The van der Waals surface area contributed by atoms with Crippen molar-refractivity contribution in [2.45, 2.75) is 6.92 Å². The molecule has 0 bridgehead atoms. The monoisotopic (exact) mass is 85.0 g/mol. The van der Waals surface area contributed by atoms with Gasteiger partial charge in [0.2, 0.25) is 0 Å². The predicted molar refractivity (Wildman–Crippen MR) is 15.5 cm³/mol. The van der Waals surface area contributed by atoms with E-state index < -0.39 is 5.97 Å². The van der Waals surface area contributed by atoms with E-state index in [2.05, 4.69) is 0 Å². The summed E-state index contributed by atoms with van der Waals surface area (Å²) in [6.45, 7) is 1.08. The summed E-state index contributed by atoms with van der Waals surface area (Å²) in [5, 5.41) is 7.42. The molecule has 2 nitrogen and oxygen atoms in total. The van der Waals surface area contributed by atoms with E-state index in [4.69, 9.17) is 9.90 Å². The van der Waals surface area contributed by atoms with E-state index >= 15 is 0 Å². The van der Waals surface area contributed by atoms with Gasteiger partial charge in [-0.2, -0.15) is 0 Å². The third-order valence-corrected chi connectivity index (χ3v) is 0. The van der Waals surface area contributed by atoms with Gasteiger partial charge in [-0.3, -0.25) is 4.79 Å². The molecule has 0 atom stereocenters. The first-order valence-corrected chi connectivity index (χ1v) is 0.928. The molecule has 0 aliphatic heterocycles. The molecule has 0 amide bonds. The fourth-order valence-electron chi connectivity index (χ4n) is 0. The van der Waals surface area contributed by atoms with Gasteiger partial charge in [0, 0.05) is 6.92 Å². The maximum atomic E-state index is 9.00. The molecule has 0 heterocycles. The van der Waals surface area contributed by atoms with Crippen molar-refractivity contribution in [3.8, 4) is 0 Å². The molecule has 28 valence electrons. The van der Waals surface area contributed by atoms with Crippen LogP contribution in [0.25, 0.3) is 0 Å². The maximum absolute atomic E-state index is 9.00. The van der Waals surface area contributed by atoms with Crippen LogP contribution in [0.4, 0.5) is 0 Å². The summed E-state index contributed by atoms with van der Waals surface area (Å²) in [5.41, 5.74) is 0. The Balaban J connectivity index is -0.0000000150. The molecule has 5 heavy (non-hydrogen) atoms. The molecule has 0 aromatic carbocycles. The Bertz CT molecular complexity index is 36.7. The van der Waals surface area contributed by atoms with Gasteiger partial charge in [-0.05, 0) is 0 Å². The van der Waals surface area contributed by atoms with E-state index in [1.165, 1.54) is 0 Å². The van der Waals surface area contributed by atoms with Gasteiger partial charge in [0.1, 0.15) is 0 Å². The van der Waals surface area contributed by atoms with Gasteiger partial charge in [-0.15, -0.1) is 0 Å². The van der Waals surface area contributed by atoms with Gasteiger partial charge in [0.05, 0.1) is 0 Å². The number of carboxylic acid groups (broad SMARTS) is 1. The quantitative estimate of drug-likeness (QED) is 0.325. The van der Waals surface area contributed by atoms with Crippen LogP contribution in [-0.4, -0.2) is 11.1 Å². The minimum Gasteiger partial charge on any atom is -1.00 e. The van der Waals surface area contributed by atoms with Gasteiger partial charge < -0.3 is 7.96 Å². The summed E-state index contributed by atoms with van der Waals surface area (Å²) in [4.78, 5) is 9.00. The molecule has 0 rings (SSSR count). The van der Waals surface area contributed by atoms with Crippen molar-refractivity contribution < 1.29 is 42.3 Å². The normalized spacial score (nSPS) is 5.00. The fourth-order valence-corrected chi connectivity index (χ4v) is 0. The van der Waals surface area contributed by atoms with Crippen LogP contribution in [-0.2, 0) is 4.79 Å². The van der Waals surface area contributed by atoms with Crippen molar-refractivity contribution in [2.75, 3.05) is 0 Å². The van der Waals surface area contributed by atoms with E-state index in [0.717, 1.165) is 6.92 Å². The minimum atomic E-state index is -0.833. The van der Waals surface area contributed by atoms with Gasteiger partial charge in [0.25, 0.3) is 5.97 Å². The first-order valence-electron chi connectivity index (χ1n) is 0.928. The molecule has 3 heteroatoms. The smallest absolute Gasteiger partial charge is 1.00 e. The first kappa shape index (κ1) is 9.08. The van der Waals surface area contributed by atoms with Crippen LogP contribution in [0.5, 0.6) is 0 Å². The summed E-state index contributed by atoms with van der Waals surface area (Å²) in [7, 11) is 0. The summed E-state index contributed by atoms with van der Waals surface area (Å²) in [5.74, 6) is -0.833. The van der Waals surface area contributed by atoms with Crippen molar-refractivity contribution in [1.82, 2.24) is 0 Å². The molecule has 0 saturated heterocycles. The van der Waals surface area contributed by atoms with E-state index in [-0.39, 0.29) is 32.4 Å². The standard InChI is InChI=1S/C2H4O2.Na.2H/c1-2(3)4;;;/h1H3,(H,3,4);;;/q;+1;2*-1. The third-order valence-electron chi connectivity index (χ3n) is 0. The van der Waals surface area contributed by atoms with E-state index in [1.807, 2.05) is 0 Å². The Labute approximate surface area is 55.4 Å². The van der Waals surface area contributed by atoms with E-state index in [1.54, 1.807) is 0 Å². The van der Waals surface area contributed by atoms with Crippen LogP contribution in [0.15, 0.2) is 0 Å². The summed E-state index contributed by atoms with van der Waals surface area (Å²) in [6.07, 6.45) is 0. The first-order chi connectivity index (χ1) is 1.73. The number of carbonyl (C=O) groups is 1. The van der Waals surface area contributed by atoms with Gasteiger partial charge in [-0.1, -0.05) is 0 Å². The average molecular weight is 85.1 g/mol. The molecule has 0 aromatic rings. The SMILES string of the molecule is CC(=O)O.[H-].[H-].[Na+]. The zero-order chi connectivity index (χ0) is 3.58. The van der Waals surface area contributed by atoms with Crippen LogP contribution < -0.4 is 29.6 Å². The molecular formula is C2H6NaO2-. The van der Waals surface area contributed by atoms with Crippen molar-refractivity contribution in [1.29, 1.82) is 0 Å². The topological polar surface area (TPSA) is 37.3 Å². The second-order valence-electron chi connectivity index (χ2n) is 0.519.